The number of fused-ring (bicyclic) bond motifs is 1. The summed E-state index contributed by atoms with van der Waals surface area (Å²) in [5.74, 6) is 2.49. The first-order valence-corrected chi connectivity index (χ1v) is 5.82. The number of benzene rings is 1. The molecule has 90 valence electrons. The normalized spacial score (nSPS) is 21.6. The molecular weight excluding hydrogens is 218 g/mol. The van der Waals surface area contributed by atoms with Crippen molar-refractivity contribution in [2.45, 2.75) is 6.10 Å². The first kappa shape index (κ1) is 10.3. The van der Waals surface area contributed by atoms with Gasteiger partial charge in [-0.2, -0.15) is 0 Å². The zero-order valence-electron chi connectivity index (χ0n) is 9.48. The van der Waals surface area contributed by atoms with Crippen molar-refractivity contribution in [2.24, 2.45) is 4.99 Å². The second-order valence-corrected chi connectivity index (χ2v) is 4.04. The lowest BCUT2D eigenvalue weighted by Gasteiger charge is -2.26. The van der Waals surface area contributed by atoms with Crippen LogP contribution in [0, 0.1) is 0 Å². The molecule has 2 aliphatic heterocycles. The molecule has 1 aromatic carbocycles. The van der Waals surface area contributed by atoms with Crippen LogP contribution < -0.4 is 20.1 Å². The van der Waals surface area contributed by atoms with Crippen LogP contribution in [0.25, 0.3) is 0 Å². The smallest absolute Gasteiger partial charge is 0.191 e. The molecule has 0 spiro atoms. The molecule has 5 nitrogen and oxygen atoms in total. The second-order valence-electron chi connectivity index (χ2n) is 4.04. The maximum atomic E-state index is 5.82. The van der Waals surface area contributed by atoms with Gasteiger partial charge in [0.1, 0.15) is 12.7 Å². The third kappa shape index (κ3) is 2.27. The van der Waals surface area contributed by atoms with Crippen LogP contribution >= 0.6 is 0 Å². The zero-order chi connectivity index (χ0) is 11.5. The molecular formula is C12H15N3O2. The first-order valence-electron chi connectivity index (χ1n) is 5.82. The monoisotopic (exact) mass is 233 g/mol. The fourth-order valence-electron chi connectivity index (χ4n) is 1.89. The lowest BCUT2D eigenvalue weighted by molar-refractivity contribution is 0.0936. The Bertz CT molecular complexity index is 434. The molecule has 1 aromatic rings. The Morgan fingerprint density at radius 2 is 2.24 bits per heavy atom. The average molecular weight is 233 g/mol. The Morgan fingerprint density at radius 3 is 3.06 bits per heavy atom. The SMILES string of the molecule is c1ccc2c(c1)OC[C@H](CNC1=NCCN1)O2. The molecule has 0 saturated heterocycles. The molecule has 2 heterocycles. The van der Waals surface area contributed by atoms with E-state index in [-0.39, 0.29) is 6.10 Å². The first-order chi connectivity index (χ1) is 8.42. The van der Waals surface area contributed by atoms with Crippen LogP contribution in [0.15, 0.2) is 29.3 Å². The summed E-state index contributed by atoms with van der Waals surface area (Å²) in [5.41, 5.74) is 0. The van der Waals surface area contributed by atoms with Crippen LogP contribution in [0.2, 0.25) is 0 Å². The van der Waals surface area contributed by atoms with Gasteiger partial charge < -0.3 is 20.1 Å². The molecule has 2 aliphatic rings. The van der Waals surface area contributed by atoms with Gasteiger partial charge in [0.05, 0.1) is 13.1 Å². The van der Waals surface area contributed by atoms with Gasteiger partial charge in [-0.05, 0) is 12.1 Å². The van der Waals surface area contributed by atoms with E-state index in [2.05, 4.69) is 15.6 Å². The number of aliphatic imine (C=N–C) groups is 1. The fraction of sp³-hybridized carbons (Fsp3) is 0.417. The number of para-hydroxylation sites is 2. The Hall–Kier alpha value is -1.91. The number of hydrogen-bond donors (Lipinski definition) is 2. The lowest BCUT2D eigenvalue weighted by atomic mass is 10.2. The van der Waals surface area contributed by atoms with E-state index in [4.69, 9.17) is 9.47 Å². The highest BCUT2D eigenvalue weighted by atomic mass is 16.6. The predicted octanol–water partition coefficient (Wildman–Crippen LogP) is 0.375. The van der Waals surface area contributed by atoms with E-state index in [1.807, 2.05) is 24.3 Å². The minimum Gasteiger partial charge on any atom is -0.486 e. The third-order valence-corrected chi connectivity index (χ3v) is 2.74. The van der Waals surface area contributed by atoms with Gasteiger partial charge in [0.2, 0.25) is 0 Å². The van der Waals surface area contributed by atoms with Crippen molar-refractivity contribution in [3.8, 4) is 11.5 Å². The van der Waals surface area contributed by atoms with Crippen molar-refractivity contribution >= 4 is 5.96 Å². The summed E-state index contributed by atoms with van der Waals surface area (Å²) in [4.78, 5) is 4.26. The summed E-state index contributed by atoms with van der Waals surface area (Å²) in [6.45, 7) is 3.01. The summed E-state index contributed by atoms with van der Waals surface area (Å²) in [5, 5.41) is 6.37. The van der Waals surface area contributed by atoms with E-state index in [0.717, 1.165) is 30.5 Å². The average Bonchev–Trinajstić information content (AvgIpc) is 2.89. The Morgan fingerprint density at radius 1 is 1.35 bits per heavy atom. The molecule has 5 heteroatoms. The molecule has 0 fully saturated rings. The van der Waals surface area contributed by atoms with E-state index in [1.54, 1.807) is 0 Å². The van der Waals surface area contributed by atoms with Crippen LogP contribution in [0.5, 0.6) is 11.5 Å². The van der Waals surface area contributed by atoms with Gasteiger partial charge in [0, 0.05) is 6.54 Å². The number of nitrogens with zero attached hydrogens (tertiary/aromatic N) is 1. The predicted molar refractivity (Wildman–Crippen MR) is 64.7 cm³/mol. The molecule has 0 radical (unpaired) electrons. The van der Waals surface area contributed by atoms with E-state index >= 15 is 0 Å². The van der Waals surface area contributed by atoms with Gasteiger partial charge in [0.15, 0.2) is 17.5 Å². The topological polar surface area (TPSA) is 54.9 Å². The van der Waals surface area contributed by atoms with E-state index in [1.165, 1.54) is 0 Å². The van der Waals surface area contributed by atoms with Gasteiger partial charge in [-0.1, -0.05) is 12.1 Å². The highest BCUT2D eigenvalue weighted by Crippen LogP contribution is 2.30. The molecule has 1 atom stereocenters. The van der Waals surface area contributed by atoms with Crippen molar-refractivity contribution in [1.29, 1.82) is 0 Å². The van der Waals surface area contributed by atoms with Crippen LogP contribution in [-0.4, -0.2) is 38.3 Å². The standard InChI is InChI=1S/C12H15N3O2/c1-2-4-11-10(3-1)16-8-9(17-11)7-15-12-13-5-6-14-12/h1-4,9H,5-8H2,(H2,13,14,15)/t9-/m0/s1. The molecule has 3 rings (SSSR count). The molecule has 17 heavy (non-hydrogen) atoms. The molecule has 0 bridgehead atoms. The van der Waals surface area contributed by atoms with Crippen molar-refractivity contribution in [3.63, 3.8) is 0 Å². The molecule has 0 aromatic heterocycles. The highest BCUT2D eigenvalue weighted by molar-refractivity contribution is 5.81. The maximum Gasteiger partial charge on any atom is 0.191 e. The van der Waals surface area contributed by atoms with Gasteiger partial charge in [-0.25, -0.2) is 0 Å². The number of guanidine groups is 1. The van der Waals surface area contributed by atoms with E-state index in [9.17, 15) is 0 Å². The molecule has 2 N–H and O–H groups in total. The molecule has 0 aliphatic carbocycles. The number of nitrogens with one attached hydrogen (secondary N) is 2. The summed E-state index contributed by atoms with van der Waals surface area (Å²) in [7, 11) is 0. The van der Waals surface area contributed by atoms with E-state index in [0.29, 0.717) is 13.2 Å². The summed E-state index contributed by atoms with van der Waals surface area (Å²) in [6.07, 6.45) is 0.0231. The largest absolute Gasteiger partial charge is 0.486 e. The van der Waals surface area contributed by atoms with Gasteiger partial charge >= 0.3 is 0 Å². The second kappa shape index (κ2) is 4.53. The van der Waals surface area contributed by atoms with Gasteiger partial charge in [0.25, 0.3) is 0 Å². The summed E-state index contributed by atoms with van der Waals surface area (Å²) < 4.78 is 11.4. The van der Waals surface area contributed by atoms with Crippen LogP contribution in [0.3, 0.4) is 0 Å². The fourth-order valence-corrected chi connectivity index (χ4v) is 1.89. The van der Waals surface area contributed by atoms with Gasteiger partial charge in [-0.15, -0.1) is 0 Å². The Kier molecular flexibility index (Phi) is 2.73. The minimum atomic E-state index is 0.0231. The minimum absolute atomic E-state index is 0.0231. The molecule has 0 saturated carbocycles. The van der Waals surface area contributed by atoms with Crippen molar-refractivity contribution < 1.29 is 9.47 Å². The van der Waals surface area contributed by atoms with Crippen LogP contribution in [-0.2, 0) is 0 Å². The molecule has 0 amide bonds. The third-order valence-electron chi connectivity index (χ3n) is 2.74. The van der Waals surface area contributed by atoms with Crippen LogP contribution in [0.4, 0.5) is 0 Å². The lowest BCUT2D eigenvalue weighted by Crippen LogP contribution is -2.43. The maximum absolute atomic E-state index is 5.82. The summed E-state index contributed by atoms with van der Waals surface area (Å²) >= 11 is 0. The van der Waals surface area contributed by atoms with Crippen molar-refractivity contribution in [3.05, 3.63) is 24.3 Å². The highest BCUT2D eigenvalue weighted by Gasteiger charge is 2.20. The quantitative estimate of drug-likeness (QED) is 0.775. The Balaban J connectivity index is 1.57. The number of ether oxygens (including phenoxy) is 2. The number of hydrogen-bond acceptors (Lipinski definition) is 5. The zero-order valence-corrected chi connectivity index (χ0v) is 9.48. The summed E-state index contributed by atoms with van der Waals surface area (Å²) in [6, 6.07) is 7.73. The molecule has 0 unspecified atom stereocenters. The van der Waals surface area contributed by atoms with Crippen LogP contribution in [0.1, 0.15) is 0 Å². The van der Waals surface area contributed by atoms with Gasteiger partial charge in [-0.3, -0.25) is 4.99 Å². The number of rotatable bonds is 2. The van der Waals surface area contributed by atoms with E-state index < -0.39 is 0 Å². The van der Waals surface area contributed by atoms with Crippen molar-refractivity contribution in [2.75, 3.05) is 26.2 Å². The van der Waals surface area contributed by atoms with Crippen molar-refractivity contribution in [1.82, 2.24) is 10.6 Å². The Labute approximate surface area is 99.8 Å².